The molecule has 0 aliphatic carbocycles. The highest BCUT2D eigenvalue weighted by atomic mass is 32.1. The Balaban J connectivity index is 1.64. The molecule has 9 heteroatoms. The molecule has 0 spiro atoms. The van der Waals surface area contributed by atoms with E-state index in [1.54, 1.807) is 6.07 Å². The van der Waals surface area contributed by atoms with E-state index in [1.165, 1.54) is 35.9 Å². The number of halogens is 2. The first-order valence-electron chi connectivity index (χ1n) is 9.07. The summed E-state index contributed by atoms with van der Waals surface area (Å²) < 4.78 is 33.4. The predicted octanol–water partition coefficient (Wildman–Crippen LogP) is 4.18. The molecule has 30 heavy (non-hydrogen) atoms. The summed E-state index contributed by atoms with van der Waals surface area (Å²) in [5, 5.41) is 0. The molecule has 0 atom stereocenters. The van der Waals surface area contributed by atoms with Crippen LogP contribution in [0.2, 0.25) is 0 Å². The van der Waals surface area contributed by atoms with Gasteiger partial charge >= 0.3 is 0 Å². The lowest BCUT2D eigenvalue weighted by molar-refractivity contribution is 0.0995. The lowest BCUT2D eigenvalue weighted by atomic mass is 10.1. The molecule has 0 saturated carbocycles. The smallest absolute Gasteiger partial charge is 0.267 e. The zero-order valence-corrected chi connectivity index (χ0v) is 16.2. The average Bonchev–Trinajstić information content (AvgIpc) is 3.32. The second-order valence-corrected chi connectivity index (χ2v) is 7.77. The van der Waals surface area contributed by atoms with Gasteiger partial charge in [0.1, 0.15) is 28.8 Å². The van der Waals surface area contributed by atoms with E-state index in [4.69, 9.17) is 10.5 Å². The van der Waals surface area contributed by atoms with Crippen LogP contribution in [0.1, 0.15) is 16.1 Å². The number of hydrogen-bond acceptors (Lipinski definition) is 5. The van der Waals surface area contributed by atoms with Crippen molar-refractivity contribution in [1.29, 1.82) is 0 Å². The highest BCUT2D eigenvalue weighted by molar-refractivity contribution is 7.19. The minimum absolute atomic E-state index is 0.149. The minimum atomic E-state index is -0.687. The van der Waals surface area contributed by atoms with Gasteiger partial charge in [0.05, 0.1) is 34.1 Å². The van der Waals surface area contributed by atoms with Crippen LogP contribution >= 0.6 is 11.3 Å². The van der Waals surface area contributed by atoms with Crippen molar-refractivity contribution >= 4 is 17.2 Å². The van der Waals surface area contributed by atoms with Gasteiger partial charge in [0.15, 0.2) is 0 Å². The molecule has 1 aromatic carbocycles. The Morgan fingerprint density at radius 1 is 1.17 bits per heavy atom. The maximum atomic E-state index is 14.3. The van der Waals surface area contributed by atoms with E-state index >= 15 is 0 Å². The van der Waals surface area contributed by atoms with Crippen molar-refractivity contribution < 1.29 is 18.3 Å². The van der Waals surface area contributed by atoms with Crippen LogP contribution in [-0.4, -0.2) is 27.5 Å². The van der Waals surface area contributed by atoms with E-state index in [1.807, 2.05) is 6.07 Å². The number of nitrogens with zero attached hydrogens (tertiary/aromatic N) is 2. The van der Waals surface area contributed by atoms with Crippen molar-refractivity contribution in [2.75, 3.05) is 6.61 Å². The number of benzene rings is 1. The maximum Gasteiger partial charge on any atom is 0.267 e. The SMILES string of the molecule is NC(=O)c1ccc2c(n1)-c1sc(-c3[nH]cnc3-c3ccc(F)cc3F)cc1CCO2. The third kappa shape index (κ3) is 3.03. The number of hydrogen-bond donors (Lipinski definition) is 2. The van der Waals surface area contributed by atoms with Gasteiger partial charge in [-0.1, -0.05) is 0 Å². The molecule has 1 amide bonds. The van der Waals surface area contributed by atoms with E-state index in [-0.39, 0.29) is 11.3 Å². The Morgan fingerprint density at radius 3 is 2.83 bits per heavy atom. The van der Waals surface area contributed by atoms with Crippen molar-refractivity contribution in [2.45, 2.75) is 6.42 Å². The molecule has 3 N–H and O–H groups in total. The van der Waals surface area contributed by atoms with E-state index in [0.29, 0.717) is 35.9 Å². The number of fused-ring (bicyclic) bond motifs is 3. The number of nitrogens with one attached hydrogen (secondary N) is 1. The number of aromatic amines is 1. The zero-order valence-electron chi connectivity index (χ0n) is 15.4. The normalized spacial score (nSPS) is 12.6. The summed E-state index contributed by atoms with van der Waals surface area (Å²) in [7, 11) is 0. The number of carbonyl (C=O) groups is 1. The molecule has 6 nitrogen and oxygen atoms in total. The van der Waals surface area contributed by atoms with Gasteiger partial charge in [-0.2, -0.15) is 0 Å². The lowest BCUT2D eigenvalue weighted by Gasteiger charge is -2.07. The lowest BCUT2D eigenvalue weighted by Crippen LogP contribution is -2.13. The number of nitrogens with two attached hydrogens (primary N) is 1. The van der Waals surface area contributed by atoms with Crippen molar-refractivity contribution in [3.63, 3.8) is 0 Å². The molecule has 4 heterocycles. The summed E-state index contributed by atoms with van der Waals surface area (Å²) in [4.78, 5) is 24.9. The van der Waals surface area contributed by atoms with Crippen molar-refractivity contribution in [2.24, 2.45) is 5.73 Å². The molecule has 0 fully saturated rings. The first kappa shape index (κ1) is 18.4. The fourth-order valence-corrected chi connectivity index (χ4v) is 4.65. The molecule has 0 radical (unpaired) electrons. The minimum Gasteiger partial charge on any atom is -0.491 e. The summed E-state index contributed by atoms with van der Waals surface area (Å²) in [5.41, 5.74) is 8.27. The van der Waals surface area contributed by atoms with Crippen LogP contribution in [0, 0.1) is 11.6 Å². The standard InChI is InChI=1S/C21H14F2N4O2S/c22-11-1-2-12(13(23)8-11)17-19(26-9-25-17)16-7-10-5-6-29-15-4-3-14(21(24)28)27-18(15)20(10)30-16/h1-4,7-9H,5-6H2,(H2,24,28)(H,25,26). The fraction of sp³-hybridized carbons (Fsp3) is 0.0952. The largest absolute Gasteiger partial charge is 0.491 e. The summed E-state index contributed by atoms with van der Waals surface area (Å²) in [6.07, 6.45) is 2.11. The van der Waals surface area contributed by atoms with Gasteiger partial charge in [0.25, 0.3) is 5.91 Å². The van der Waals surface area contributed by atoms with E-state index in [2.05, 4.69) is 15.0 Å². The maximum absolute atomic E-state index is 14.3. The highest BCUT2D eigenvalue weighted by Crippen LogP contribution is 2.44. The van der Waals surface area contributed by atoms with Crippen molar-refractivity contribution in [3.05, 3.63) is 65.6 Å². The number of primary amides is 1. The van der Waals surface area contributed by atoms with Crippen molar-refractivity contribution in [1.82, 2.24) is 15.0 Å². The number of pyridine rings is 1. The van der Waals surface area contributed by atoms with E-state index in [9.17, 15) is 13.6 Å². The van der Waals surface area contributed by atoms with Crippen LogP contribution in [-0.2, 0) is 6.42 Å². The van der Waals surface area contributed by atoms with Crippen LogP contribution in [0.3, 0.4) is 0 Å². The molecule has 1 aliphatic heterocycles. The second kappa shape index (κ2) is 7.03. The molecule has 0 saturated heterocycles. The topological polar surface area (TPSA) is 93.9 Å². The molecule has 0 bridgehead atoms. The molecule has 150 valence electrons. The third-order valence-electron chi connectivity index (χ3n) is 4.84. The molecular formula is C21H14F2N4O2S. The highest BCUT2D eigenvalue weighted by Gasteiger charge is 2.24. The van der Waals surface area contributed by atoms with Gasteiger partial charge in [0, 0.05) is 18.1 Å². The van der Waals surface area contributed by atoms with Gasteiger partial charge in [-0.25, -0.2) is 18.7 Å². The van der Waals surface area contributed by atoms with Crippen LogP contribution in [0.15, 0.2) is 42.7 Å². The zero-order chi connectivity index (χ0) is 20.8. The Hall–Kier alpha value is -3.59. The van der Waals surface area contributed by atoms with Gasteiger partial charge in [-0.15, -0.1) is 11.3 Å². The Labute approximate surface area is 173 Å². The Kier molecular flexibility index (Phi) is 4.32. The monoisotopic (exact) mass is 424 g/mol. The van der Waals surface area contributed by atoms with Crippen LogP contribution in [0.25, 0.3) is 32.4 Å². The van der Waals surface area contributed by atoms with Gasteiger partial charge in [-0.05, 0) is 35.9 Å². The molecule has 1 aliphatic rings. The summed E-state index contributed by atoms with van der Waals surface area (Å²) in [6.45, 7) is 0.455. The number of ether oxygens (including phenoxy) is 1. The number of carbonyl (C=O) groups excluding carboxylic acids is 1. The summed E-state index contributed by atoms with van der Waals surface area (Å²) in [5.74, 6) is -1.39. The molecule has 0 unspecified atom stereocenters. The number of H-pyrrole nitrogens is 1. The number of imidazole rings is 1. The third-order valence-corrected chi connectivity index (χ3v) is 6.04. The van der Waals surface area contributed by atoms with Crippen LogP contribution < -0.4 is 10.5 Å². The average molecular weight is 424 g/mol. The van der Waals surface area contributed by atoms with E-state index in [0.717, 1.165) is 21.4 Å². The fourth-order valence-electron chi connectivity index (χ4n) is 3.44. The number of thiophene rings is 1. The summed E-state index contributed by atoms with van der Waals surface area (Å²) in [6, 6.07) is 8.59. The molecule has 5 rings (SSSR count). The van der Waals surface area contributed by atoms with Gasteiger partial charge in [-0.3, -0.25) is 4.79 Å². The van der Waals surface area contributed by atoms with E-state index < -0.39 is 17.5 Å². The number of aromatic nitrogens is 3. The van der Waals surface area contributed by atoms with Crippen LogP contribution in [0.4, 0.5) is 8.78 Å². The van der Waals surface area contributed by atoms with Crippen molar-refractivity contribution in [3.8, 4) is 38.1 Å². The number of amides is 1. The van der Waals surface area contributed by atoms with Gasteiger partial charge in [0.2, 0.25) is 0 Å². The molecule has 3 aromatic heterocycles. The first-order valence-corrected chi connectivity index (χ1v) is 9.89. The van der Waals surface area contributed by atoms with Crippen LogP contribution in [0.5, 0.6) is 5.75 Å². The molecular weight excluding hydrogens is 410 g/mol. The van der Waals surface area contributed by atoms with Gasteiger partial charge < -0.3 is 15.5 Å². The molecule has 4 aromatic rings. The second-order valence-electron chi connectivity index (χ2n) is 6.72. The Morgan fingerprint density at radius 2 is 2.03 bits per heavy atom. The quantitative estimate of drug-likeness (QED) is 0.516. The first-order chi connectivity index (χ1) is 14.5. The Bertz CT molecular complexity index is 1300. The number of rotatable bonds is 3. The predicted molar refractivity (Wildman–Crippen MR) is 108 cm³/mol. The summed E-state index contributed by atoms with van der Waals surface area (Å²) >= 11 is 1.42.